The van der Waals surface area contributed by atoms with Gasteiger partial charge in [0.2, 0.25) is 0 Å². The molecule has 0 saturated heterocycles. The summed E-state index contributed by atoms with van der Waals surface area (Å²) in [5, 5.41) is 0. The van der Waals surface area contributed by atoms with Crippen LogP contribution in [0.2, 0.25) is 0 Å². The Morgan fingerprint density at radius 3 is 2.24 bits per heavy atom. The van der Waals surface area contributed by atoms with E-state index in [0.717, 1.165) is 34.5 Å². The predicted molar refractivity (Wildman–Crippen MR) is 87.0 cm³/mol. The second-order valence-corrected chi connectivity index (χ2v) is 5.78. The molecule has 0 bridgehead atoms. The number of ether oxygens (including phenoxy) is 2. The molecule has 3 nitrogen and oxygen atoms in total. The standard InChI is InChI=1S/C17H21BrNO2/c1-4-5-13-6-8-19(9-7-13)12-14-10-16(20-2)17(21-3)11-15(14)18/h6-11H,4-5,12H2,1-3H3/q+1. The molecular formula is C17H21BrNO2+. The molecule has 0 fully saturated rings. The molecule has 0 saturated carbocycles. The molecular weight excluding hydrogens is 330 g/mol. The van der Waals surface area contributed by atoms with E-state index in [9.17, 15) is 0 Å². The molecule has 1 heterocycles. The fourth-order valence-corrected chi connectivity index (χ4v) is 2.71. The topological polar surface area (TPSA) is 22.3 Å². The van der Waals surface area contributed by atoms with Crippen molar-refractivity contribution >= 4 is 15.9 Å². The first-order valence-electron chi connectivity index (χ1n) is 7.06. The summed E-state index contributed by atoms with van der Waals surface area (Å²) in [6.07, 6.45) is 6.54. The molecule has 2 rings (SSSR count). The minimum Gasteiger partial charge on any atom is -0.493 e. The van der Waals surface area contributed by atoms with Gasteiger partial charge in [-0.25, -0.2) is 4.57 Å². The SMILES string of the molecule is CCCc1cc[n+](Cc2cc(OC)c(OC)cc2Br)cc1. The van der Waals surface area contributed by atoms with Crippen LogP contribution in [0.5, 0.6) is 11.5 Å². The van der Waals surface area contributed by atoms with E-state index in [0.29, 0.717) is 0 Å². The molecule has 1 aromatic heterocycles. The van der Waals surface area contributed by atoms with Crippen molar-refractivity contribution in [2.45, 2.75) is 26.3 Å². The Labute approximate surface area is 134 Å². The van der Waals surface area contributed by atoms with Crippen LogP contribution in [0.25, 0.3) is 0 Å². The Hall–Kier alpha value is -1.55. The van der Waals surface area contributed by atoms with Crippen LogP contribution in [-0.4, -0.2) is 14.2 Å². The quantitative estimate of drug-likeness (QED) is 0.740. The highest BCUT2D eigenvalue weighted by Crippen LogP contribution is 2.33. The van der Waals surface area contributed by atoms with Crippen molar-refractivity contribution in [3.63, 3.8) is 0 Å². The second-order valence-electron chi connectivity index (χ2n) is 4.93. The van der Waals surface area contributed by atoms with E-state index in [-0.39, 0.29) is 0 Å². The fourth-order valence-electron chi connectivity index (χ4n) is 2.26. The van der Waals surface area contributed by atoms with Crippen LogP contribution in [0.1, 0.15) is 24.5 Å². The molecule has 0 unspecified atom stereocenters. The first-order chi connectivity index (χ1) is 10.2. The summed E-state index contributed by atoms with van der Waals surface area (Å²) in [6, 6.07) is 8.31. The van der Waals surface area contributed by atoms with Crippen molar-refractivity contribution in [3.05, 3.63) is 52.3 Å². The lowest BCUT2D eigenvalue weighted by Gasteiger charge is -2.10. The number of nitrogens with zero attached hydrogens (tertiary/aromatic N) is 1. The zero-order valence-electron chi connectivity index (χ0n) is 12.7. The highest BCUT2D eigenvalue weighted by molar-refractivity contribution is 9.10. The van der Waals surface area contributed by atoms with Crippen LogP contribution in [0.4, 0.5) is 0 Å². The lowest BCUT2D eigenvalue weighted by atomic mass is 10.1. The molecule has 1 aromatic carbocycles. The highest BCUT2D eigenvalue weighted by Gasteiger charge is 2.13. The number of aryl methyl sites for hydroxylation is 1. The molecule has 4 heteroatoms. The minimum absolute atomic E-state index is 0.733. The number of halogens is 1. The van der Waals surface area contributed by atoms with Crippen molar-refractivity contribution in [1.29, 1.82) is 0 Å². The minimum atomic E-state index is 0.733. The molecule has 2 aromatic rings. The van der Waals surface area contributed by atoms with Gasteiger partial charge in [0.15, 0.2) is 30.4 Å². The van der Waals surface area contributed by atoms with Crippen molar-refractivity contribution in [2.75, 3.05) is 14.2 Å². The van der Waals surface area contributed by atoms with Gasteiger partial charge < -0.3 is 9.47 Å². The second kappa shape index (κ2) is 7.46. The molecule has 0 aliphatic rings. The first kappa shape index (κ1) is 15.8. The van der Waals surface area contributed by atoms with Gasteiger partial charge in [-0.2, -0.15) is 0 Å². The zero-order chi connectivity index (χ0) is 15.2. The van der Waals surface area contributed by atoms with Gasteiger partial charge in [0.05, 0.1) is 14.2 Å². The van der Waals surface area contributed by atoms with Crippen LogP contribution < -0.4 is 14.0 Å². The van der Waals surface area contributed by atoms with Crippen LogP contribution in [0, 0.1) is 0 Å². The lowest BCUT2D eigenvalue weighted by Crippen LogP contribution is -2.33. The summed E-state index contributed by atoms with van der Waals surface area (Å²) < 4.78 is 13.8. The van der Waals surface area contributed by atoms with Crippen molar-refractivity contribution in [1.82, 2.24) is 0 Å². The molecule has 21 heavy (non-hydrogen) atoms. The summed E-state index contributed by atoms with van der Waals surface area (Å²) in [7, 11) is 3.30. The van der Waals surface area contributed by atoms with Crippen LogP contribution in [-0.2, 0) is 13.0 Å². The average molecular weight is 351 g/mol. The van der Waals surface area contributed by atoms with Gasteiger partial charge >= 0.3 is 0 Å². The third-order valence-corrected chi connectivity index (χ3v) is 4.14. The van der Waals surface area contributed by atoms with Crippen molar-refractivity contribution in [3.8, 4) is 11.5 Å². The van der Waals surface area contributed by atoms with E-state index in [1.165, 1.54) is 12.0 Å². The van der Waals surface area contributed by atoms with Crippen molar-refractivity contribution in [2.24, 2.45) is 0 Å². The maximum atomic E-state index is 5.37. The number of hydrogen-bond donors (Lipinski definition) is 0. The maximum Gasteiger partial charge on any atom is 0.175 e. The van der Waals surface area contributed by atoms with Crippen LogP contribution in [0.3, 0.4) is 0 Å². The monoisotopic (exact) mass is 350 g/mol. The summed E-state index contributed by atoms with van der Waals surface area (Å²) in [5.74, 6) is 1.48. The Bertz CT molecular complexity index is 596. The lowest BCUT2D eigenvalue weighted by molar-refractivity contribution is -0.688. The Balaban J connectivity index is 2.22. The fraction of sp³-hybridized carbons (Fsp3) is 0.353. The number of pyridine rings is 1. The number of rotatable bonds is 6. The number of hydrogen-bond acceptors (Lipinski definition) is 2. The molecule has 0 spiro atoms. The molecule has 0 amide bonds. The number of benzene rings is 1. The van der Waals surface area contributed by atoms with Crippen LogP contribution in [0.15, 0.2) is 41.1 Å². The third kappa shape index (κ3) is 3.97. The van der Waals surface area contributed by atoms with Gasteiger partial charge in [0, 0.05) is 22.2 Å². The van der Waals surface area contributed by atoms with E-state index >= 15 is 0 Å². The average Bonchev–Trinajstić information content (AvgIpc) is 2.51. The van der Waals surface area contributed by atoms with E-state index in [2.05, 4.69) is 51.9 Å². The van der Waals surface area contributed by atoms with Gasteiger partial charge in [0.1, 0.15) is 0 Å². The predicted octanol–water partition coefficient (Wildman–Crippen LogP) is 3.75. The van der Waals surface area contributed by atoms with Gasteiger partial charge in [-0.15, -0.1) is 0 Å². The van der Waals surface area contributed by atoms with E-state index in [4.69, 9.17) is 9.47 Å². The smallest absolute Gasteiger partial charge is 0.175 e. The Kier molecular flexibility index (Phi) is 5.62. The van der Waals surface area contributed by atoms with E-state index in [1.54, 1.807) is 14.2 Å². The molecule has 112 valence electrons. The molecule has 0 radical (unpaired) electrons. The summed E-state index contributed by atoms with van der Waals surface area (Å²) in [6.45, 7) is 2.98. The first-order valence-corrected chi connectivity index (χ1v) is 7.85. The summed E-state index contributed by atoms with van der Waals surface area (Å²) >= 11 is 3.60. The van der Waals surface area contributed by atoms with Gasteiger partial charge in [-0.05, 0) is 24.1 Å². The summed E-state index contributed by atoms with van der Waals surface area (Å²) in [4.78, 5) is 0. The van der Waals surface area contributed by atoms with Gasteiger partial charge in [0.25, 0.3) is 0 Å². The zero-order valence-corrected chi connectivity index (χ0v) is 14.3. The molecule has 0 aliphatic carbocycles. The van der Waals surface area contributed by atoms with E-state index < -0.39 is 0 Å². The normalized spacial score (nSPS) is 10.5. The molecule has 0 N–H and O–H groups in total. The van der Waals surface area contributed by atoms with E-state index in [1.807, 2.05) is 12.1 Å². The summed E-state index contributed by atoms with van der Waals surface area (Å²) in [5.41, 5.74) is 2.53. The molecule has 0 aliphatic heterocycles. The number of aromatic nitrogens is 1. The van der Waals surface area contributed by atoms with Gasteiger partial charge in [-0.3, -0.25) is 0 Å². The highest BCUT2D eigenvalue weighted by atomic mass is 79.9. The van der Waals surface area contributed by atoms with Crippen LogP contribution >= 0.6 is 15.9 Å². The van der Waals surface area contributed by atoms with Crippen molar-refractivity contribution < 1.29 is 14.0 Å². The largest absolute Gasteiger partial charge is 0.493 e. The maximum absolute atomic E-state index is 5.37. The third-order valence-electron chi connectivity index (χ3n) is 3.40. The van der Waals surface area contributed by atoms with Gasteiger partial charge in [-0.1, -0.05) is 29.3 Å². The Morgan fingerprint density at radius 1 is 1.05 bits per heavy atom. The number of methoxy groups -OCH3 is 2. The Morgan fingerprint density at radius 2 is 1.67 bits per heavy atom. The molecule has 0 atom stereocenters.